The summed E-state index contributed by atoms with van der Waals surface area (Å²) in [7, 11) is 0. The third-order valence-corrected chi connectivity index (χ3v) is 3.63. The van der Waals surface area contributed by atoms with Crippen molar-refractivity contribution in [1.82, 2.24) is 5.32 Å². The number of rotatable bonds is 4. The van der Waals surface area contributed by atoms with E-state index >= 15 is 0 Å². The summed E-state index contributed by atoms with van der Waals surface area (Å²) >= 11 is 5.67. The molecular formula is C14H18ClFN2O. The quantitative estimate of drug-likeness (QED) is 0.890. The molecule has 0 bridgehead atoms. The molecule has 1 saturated carbocycles. The van der Waals surface area contributed by atoms with E-state index in [1.54, 1.807) is 6.07 Å². The van der Waals surface area contributed by atoms with Crippen LogP contribution in [0.5, 0.6) is 0 Å². The van der Waals surface area contributed by atoms with Gasteiger partial charge >= 0.3 is 0 Å². The van der Waals surface area contributed by atoms with Crippen LogP contribution in [0.3, 0.4) is 0 Å². The largest absolute Gasteiger partial charge is 0.376 e. The summed E-state index contributed by atoms with van der Waals surface area (Å²) in [5, 5.41) is 6.00. The Balaban J connectivity index is 1.77. The monoisotopic (exact) mass is 284 g/mol. The van der Waals surface area contributed by atoms with E-state index in [1.807, 2.05) is 0 Å². The van der Waals surface area contributed by atoms with Gasteiger partial charge in [-0.3, -0.25) is 4.79 Å². The number of anilines is 1. The molecule has 0 spiro atoms. The van der Waals surface area contributed by atoms with Crippen molar-refractivity contribution in [3.8, 4) is 0 Å². The molecule has 2 rings (SSSR count). The Morgan fingerprint density at radius 2 is 2.05 bits per heavy atom. The summed E-state index contributed by atoms with van der Waals surface area (Å²) in [5.41, 5.74) is 0.644. The highest BCUT2D eigenvalue weighted by atomic mass is 35.5. The third-order valence-electron chi connectivity index (χ3n) is 3.34. The molecule has 0 aliphatic heterocycles. The van der Waals surface area contributed by atoms with Crippen molar-refractivity contribution in [2.24, 2.45) is 0 Å². The average Bonchev–Trinajstić information content (AvgIpc) is 2.41. The highest BCUT2D eigenvalue weighted by Crippen LogP contribution is 2.19. The maximum atomic E-state index is 13.0. The van der Waals surface area contributed by atoms with E-state index in [0.717, 1.165) is 12.8 Å². The van der Waals surface area contributed by atoms with Crippen molar-refractivity contribution in [3.63, 3.8) is 0 Å². The first kappa shape index (κ1) is 14.1. The summed E-state index contributed by atoms with van der Waals surface area (Å²) in [6.45, 7) is 0.179. The number of carbonyl (C=O) groups excluding carboxylic acids is 1. The lowest BCUT2D eigenvalue weighted by molar-refractivity contribution is -0.120. The number of carbonyl (C=O) groups is 1. The Labute approximate surface area is 117 Å². The van der Waals surface area contributed by atoms with E-state index in [2.05, 4.69) is 10.6 Å². The van der Waals surface area contributed by atoms with Gasteiger partial charge in [-0.25, -0.2) is 4.39 Å². The number of hydrogen-bond acceptors (Lipinski definition) is 2. The lowest BCUT2D eigenvalue weighted by Crippen LogP contribution is -2.39. The van der Waals surface area contributed by atoms with Crippen molar-refractivity contribution >= 4 is 23.2 Å². The predicted octanol–water partition coefficient (Wildman–Crippen LogP) is 3.34. The van der Waals surface area contributed by atoms with E-state index in [0.29, 0.717) is 11.7 Å². The average molecular weight is 285 g/mol. The van der Waals surface area contributed by atoms with Crippen LogP contribution in [0.15, 0.2) is 18.2 Å². The van der Waals surface area contributed by atoms with E-state index in [1.165, 1.54) is 31.4 Å². The van der Waals surface area contributed by atoms with Gasteiger partial charge in [0, 0.05) is 11.7 Å². The van der Waals surface area contributed by atoms with Crippen LogP contribution in [-0.4, -0.2) is 18.5 Å². The minimum absolute atomic E-state index is 0.0349. The predicted molar refractivity (Wildman–Crippen MR) is 74.9 cm³/mol. The molecule has 0 radical (unpaired) electrons. The van der Waals surface area contributed by atoms with E-state index < -0.39 is 5.82 Å². The standard InChI is InChI=1S/C14H18ClFN2O/c15-12-8-11(6-7-13(12)16)17-9-14(19)18-10-4-2-1-3-5-10/h6-8,10,17H,1-5,9H2,(H,18,19). The molecule has 0 heterocycles. The first-order chi connectivity index (χ1) is 9.15. The molecule has 1 aliphatic rings. The Morgan fingerprint density at radius 3 is 2.74 bits per heavy atom. The third kappa shape index (κ3) is 4.39. The van der Waals surface area contributed by atoms with Gasteiger partial charge in [-0.1, -0.05) is 30.9 Å². The summed E-state index contributed by atoms with van der Waals surface area (Å²) in [6.07, 6.45) is 5.76. The van der Waals surface area contributed by atoms with Gasteiger partial charge in [0.05, 0.1) is 11.6 Å². The number of nitrogens with one attached hydrogen (secondary N) is 2. The van der Waals surface area contributed by atoms with Crippen LogP contribution in [0.4, 0.5) is 10.1 Å². The molecule has 0 saturated heterocycles. The highest BCUT2D eigenvalue weighted by Gasteiger charge is 2.15. The zero-order chi connectivity index (χ0) is 13.7. The number of benzene rings is 1. The second-order valence-electron chi connectivity index (χ2n) is 4.88. The molecule has 5 heteroatoms. The van der Waals surface area contributed by atoms with Gasteiger partial charge in [0.1, 0.15) is 5.82 Å². The SMILES string of the molecule is O=C(CNc1ccc(F)c(Cl)c1)NC1CCCCC1. The molecule has 1 aromatic rings. The second kappa shape index (κ2) is 6.75. The van der Waals surface area contributed by atoms with Gasteiger partial charge in [0.2, 0.25) is 5.91 Å². The topological polar surface area (TPSA) is 41.1 Å². The van der Waals surface area contributed by atoms with Crippen LogP contribution in [0.1, 0.15) is 32.1 Å². The maximum Gasteiger partial charge on any atom is 0.239 e. The zero-order valence-electron chi connectivity index (χ0n) is 10.7. The van der Waals surface area contributed by atoms with Gasteiger partial charge < -0.3 is 10.6 Å². The maximum absolute atomic E-state index is 13.0. The summed E-state index contributed by atoms with van der Waals surface area (Å²) in [4.78, 5) is 11.8. The van der Waals surface area contributed by atoms with E-state index in [4.69, 9.17) is 11.6 Å². The molecule has 1 fully saturated rings. The summed E-state index contributed by atoms with van der Waals surface area (Å²) < 4.78 is 13.0. The molecule has 19 heavy (non-hydrogen) atoms. The molecule has 1 aliphatic carbocycles. The van der Waals surface area contributed by atoms with Crippen LogP contribution < -0.4 is 10.6 Å². The van der Waals surface area contributed by atoms with Crippen LogP contribution in [0, 0.1) is 5.82 Å². The number of halogens is 2. The highest BCUT2D eigenvalue weighted by molar-refractivity contribution is 6.31. The molecule has 3 nitrogen and oxygen atoms in total. The molecule has 104 valence electrons. The lowest BCUT2D eigenvalue weighted by Gasteiger charge is -2.22. The van der Waals surface area contributed by atoms with Gasteiger partial charge in [0.15, 0.2) is 0 Å². The summed E-state index contributed by atoms with van der Waals surface area (Å²) in [6, 6.07) is 4.63. The fourth-order valence-electron chi connectivity index (χ4n) is 2.31. The number of hydrogen-bond donors (Lipinski definition) is 2. The van der Waals surface area contributed by atoms with Crippen LogP contribution in [0.2, 0.25) is 5.02 Å². The number of amides is 1. The lowest BCUT2D eigenvalue weighted by atomic mass is 9.95. The van der Waals surface area contributed by atoms with Crippen molar-refractivity contribution < 1.29 is 9.18 Å². The smallest absolute Gasteiger partial charge is 0.239 e. The van der Waals surface area contributed by atoms with Crippen LogP contribution in [0.25, 0.3) is 0 Å². The Hall–Kier alpha value is -1.29. The Kier molecular flexibility index (Phi) is 5.02. The minimum Gasteiger partial charge on any atom is -0.376 e. The fraction of sp³-hybridized carbons (Fsp3) is 0.500. The summed E-state index contributed by atoms with van der Waals surface area (Å²) in [5.74, 6) is -0.494. The van der Waals surface area contributed by atoms with Crippen molar-refractivity contribution in [1.29, 1.82) is 0 Å². The molecule has 0 unspecified atom stereocenters. The fourth-order valence-corrected chi connectivity index (χ4v) is 2.49. The second-order valence-corrected chi connectivity index (χ2v) is 5.29. The minimum atomic E-state index is -0.459. The normalized spacial score (nSPS) is 16.1. The van der Waals surface area contributed by atoms with Gasteiger partial charge in [-0.05, 0) is 31.0 Å². The van der Waals surface area contributed by atoms with Crippen molar-refractivity contribution in [2.75, 3.05) is 11.9 Å². The van der Waals surface area contributed by atoms with Crippen molar-refractivity contribution in [3.05, 3.63) is 29.0 Å². The van der Waals surface area contributed by atoms with Crippen molar-refractivity contribution in [2.45, 2.75) is 38.1 Å². The van der Waals surface area contributed by atoms with E-state index in [-0.39, 0.29) is 17.5 Å². The van der Waals surface area contributed by atoms with E-state index in [9.17, 15) is 9.18 Å². The zero-order valence-corrected chi connectivity index (χ0v) is 11.5. The molecular weight excluding hydrogens is 267 g/mol. The molecule has 1 amide bonds. The Morgan fingerprint density at radius 1 is 1.32 bits per heavy atom. The van der Waals surface area contributed by atoms with Gasteiger partial charge in [-0.15, -0.1) is 0 Å². The molecule has 0 aromatic heterocycles. The molecule has 0 atom stereocenters. The van der Waals surface area contributed by atoms with Gasteiger partial charge in [0.25, 0.3) is 0 Å². The first-order valence-corrected chi connectivity index (χ1v) is 7.01. The molecule has 2 N–H and O–H groups in total. The Bertz CT molecular complexity index is 447. The van der Waals surface area contributed by atoms with Crippen LogP contribution in [-0.2, 0) is 4.79 Å². The van der Waals surface area contributed by atoms with Gasteiger partial charge in [-0.2, -0.15) is 0 Å². The van der Waals surface area contributed by atoms with Crippen LogP contribution >= 0.6 is 11.6 Å². The molecule has 1 aromatic carbocycles. The first-order valence-electron chi connectivity index (χ1n) is 6.63.